The molecule has 0 saturated heterocycles. The van der Waals surface area contributed by atoms with Gasteiger partial charge < -0.3 is 10.0 Å². The molecule has 0 unspecified atom stereocenters. The van der Waals surface area contributed by atoms with Crippen molar-refractivity contribution in [1.82, 2.24) is 9.88 Å². The lowest BCUT2D eigenvalue weighted by Crippen LogP contribution is -2.26. The fraction of sp³-hybridized carbons (Fsp3) is 0.143. The maximum atomic E-state index is 13.5. The Morgan fingerprint density at radius 1 is 1.37 bits per heavy atom. The van der Waals surface area contributed by atoms with Gasteiger partial charge in [0.2, 0.25) is 0 Å². The topological polar surface area (TPSA) is 53.4 Å². The molecule has 0 fully saturated rings. The lowest BCUT2D eigenvalue weighted by Gasteiger charge is -2.17. The predicted molar refractivity (Wildman–Crippen MR) is 68.1 cm³/mol. The zero-order valence-corrected chi connectivity index (χ0v) is 10.4. The van der Waals surface area contributed by atoms with Crippen LogP contribution in [0.5, 0.6) is 5.75 Å². The zero-order chi connectivity index (χ0) is 13.8. The molecule has 98 valence electrons. The van der Waals surface area contributed by atoms with Crippen LogP contribution in [-0.2, 0) is 6.54 Å². The number of carbonyl (C=O) groups excluding carboxylic acids is 1. The molecule has 2 aromatic rings. The first-order valence-electron chi connectivity index (χ1n) is 5.71. The number of pyridine rings is 1. The number of amides is 1. The smallest absolute Gasteiger partial charge is 0.255 e. The number of benzene rings is 1. The predicted octanol–water partition coefficient (Wildman–Crippen LogP) is 2.20. The minimum atomic E-state index is -0.351. The SMILES string of the molecule is CN(Cc1ccccc1F)C(=O)c1cncc(O)c1. The van der Waals surface area contributed by atoms with Crippen molar-refractivity contribution in [2.45, 2.75) is 6.54 Å². The second-order valence-electron chi connectivity index (χ2n) is 4.18. The summed E-state index contributed by atoms with van der Waals surface area (Å²) in [5, 5.41) is 9.28. The third kappa shape index (κ3) is 3.07. The van der Waals surface area contributed by atoms with Gasteiger partial charge in [-0.05, 0) is 12.1 Å². The molecule has 0 aliphatic rings. The molecule has 1 heterocycles. The second kappa shape index (κ2) is 5.48. The zero-order valence-electron chi connectivity index (χ0n) is 10.4. The van der Waals surface area contributed by atoms with E-state index in [1.165, 1.54) is 29.4 Å². The van der Waals surface area contributed by atoms with Gasteiger partial charge in [0.1, 0.15) is 11.6 Å². The van der Waals surface area contributed by atoms with Crippen LogP contribution in [0.4, 0.5) is 4.39 Å². The summed E-state index contributed by atoms with van der Waals surface area (Å²) < 4.78 is 13.5. The number of halogens is 1. The number of aromatic nitrogens is 1. The van der Waals surface area contributed by atoms with E-state index in [0.29, 0.717) is 5.56 Å². The summed E-state index contributed by atoms with van der Waals surface area (Å²) in [5.74, 6) is -0.757. The third-order valence-corrected chi connectivity index (χ3v) is 2.68. The highest BCUT2D eigenvalue weighted by molar-refractivity contribution is 5.94. The second-order valence-corrected chi connectivity index (χ2v) is 4.18. The van der Waals surface area contributed by atoms with Crippen LogP contribution < -0.4 is 0 Å². The van der Waals surface area contributed by atoms with Gasteiger partial charge in [0.25, 0.3) is 5.91 Å². The summed E-state index contributed by atoms with van der Waals surface area (Å²) in [4.78, 5) is 17.2. The van der Waals surface area contributed by atoms with Gasteiger partial charge in [0.15, 0.2) is 0 Å². The highest BCUT2D eigenvalue weighted by Crippen LogP contribution is 2.13. The van der Waals surface area contributed by atoms with Crippen molar-refractivity contribution >= 4 is 5.91 Å². The minimum absolute atomic E-state index is 0.0786. The van der Waals surface area contributed by atoms with Crippen molar-refractivity contribution in [3.63, 3.8) is 0 Å². The standard InChI is InChI=1S/C14H13FN2O2/c1-17(9-10-4-2-3-5-13(10)15)14(19)11-6-12(18)8-16-7-11/h2-8,18H,9H2,1H3. The number of aromatic hydroxyl groups is 1. The van der Waals surface area contributed by atoms with E-state index in [2.05, 4.69) is 4.98 Å². The molecule has 4 nitrogen and oxygen atoms in total. The fourth-order valence-electron chi connectivity index (χ4n) is 1.72. The van der Waals surface area contributed by atoms with Gasteiger partial charge in [-0.3, -0.25) is 9.78 Å². The van der Waals surface area contributed by atoms with Gasteiger partial charge in [0.05, 0.1) is 11.8 Å². The molecule has 5 heteroatoms. The summed E-state index contributed by atoms with van der Waals surface area (Å²) in [5.41, 5.74) is 0.699. The normalized spacial score (nSPS) is 10.2. The van der Waals surface area contributed by atoms with Crippen molar-refractivity contribution < 1.29 is 14.3 Å². The van der Waals surface area contributed by atoms with Crippen molar-refractivity contribution in [2.75, 3.05) is 7.05 Å². The van der Waals surface area contributed by atoms with Gasteiger partial charge in [-0.25, -0.2) is 4.39 Å². The Hall–Kier alpha value is -2.43. The molecule has 0 radical (unpaired) electrons. The summed E-state index contributed by atoms with van der Waals surface area (Å²) in [6, 6.07) is 7.61. The largest absolute Gasteiger partial charge is 0.506 e. The molecule has 1 aromatic heterocycles. The molecule has 1 amide bonds. The maximum absolute atomic E-state index is 13.5. The summed E-state index contributed by atoms with van der Waals surface area (Å²) >= 11 is 0. The van der Waals surface area contributed by atoms with E-state index in [9.17, 15) is 14.3 Å². The monoisotopic (exact) mass is 260 g/mol. The van der Waals surface area contributed by atoms with Crippen molar-refractivity contribution in [3.05, 3.63) is 59.7 Å². The van der Waals surface area contributed by atoms with Gasteiger partial charge in [-0.1, -0.05) is 18.2 Å². The number of hydrogen-bond acceptors (Lipinski definition) is 3. The van der Waals surface area contributed by atoms with Gasteiger partial charge in [0, 0.05) is 25.4 Å². The van der Waals surface area contributed by atoms with Crippen LogP contribution in [0, 0.1) is 5.82 Å². The Kier molecular flexibility index (Phi) is 3.75. The van der Waals surface area contributed by atoms with Crippen LogP contribution in [0.3, 0.4) is 0 Å². The van der Waals surface area contributed by atoms with Crippen LogP contribution in [0.25, 0.3) is 0 Å². The minimum Gasteiger partial charge on any atom is -0.506 e. The van der Waals surface area contributed by atoms with Crippen LogP contribution in [0.1, 0.15) is 15.9 Å². The molecule has 0 spiro atoms. The Morgan fingerprint density at radius 2 is 2.11 bits per heavy atom. The number of carbonyl (C=O) groups is 1. The quantitative estimate of drug-likeness (QED) is 0.920. The maximum Gasteiger partial charge on any atom is 0.255 e. The molecule has 0 bridgehead atoms. The molecule has 0 aliphatic heterocycles. The average Bonchev–Trinajstić information content (AvgIpc) is 2.40. The Labute approximate surface area is 110 Å². The Bertz CT molecular complexity index is 602. The third-order valence-electron chi connectivity index (χ3n) is 2.68. The Balaban J connectivity index is 2.14. The van der Waals surface area contributed by atoms with Crippen molar-refractivity contribution in [3.8, 4) is 5.75 Å². The lowest BCUT2D eigenvalue weighted by molar-refractivity contribution is 0.0783. The molecule has 0 saturated carbocycles. The van der Waals surface area contributed by atoms with Crippen LogP contribution in [0.15, 0.2) is 42.7 Å². The molecular weight excluding hydrogens is 247 g/mol. The van der Waals surface area contributed by atoms with Crippen LogP contribution >= 0.6 is 0 Å². The van der Waals surface area contributed by atoms with E-state index in [-0.39, 0.29) is 29.6 Å². The van der Waals surface area contributed by atoms with Crippen LogP contribution in [-0.4, -0.2) is 27.9 Å². The summed E-state index contributed by atoms with van der Waals surface area (Å²) in [6.45, 7) is 0.154. The number of hydrogen-bond donors (Lipinski definition) is 1. The molecule has 1 N–H and O–H groups in total. The summed E-state index contributed by atoms with van der Waals surface area (Å²) in [7, 11) is 1.57. The van der Waals surface area contributed by atoms with Crippen LogP contribution in [0.2, 0.25) is 0 Å². The molecule has 19 heavy (non-hydrogen) atoms. The first-order chi connectivity index (χ1) is 9.08. The molecule has 0 atom stereocenters. The van der Waals surface area contributed by atoms with Gasteiger partial charge in [-0.2, -0.15) is 0 Å². The number of rotatable bonds is 3. The Morgan fingerprint density at radius 3 is 2.79 bits per heavy atom. The summed E-state index contributed by atoms with van der Waals surface area (Å²) in [6.07, 6.45) is 2.60. The van der Waals surface area contributed by atoms with E-state index in [4.69, 9.17) is 0 Å². The molecule has 2 rings (SSSR count). The van der Waals surface area contributed by atoms with E-state index >= 15 is 0 Å². The van der Waals surface area contributed by atoms with E-state index in [1.54, 1.807) is 25.2 Å². The van der Waals surface area contributed by atoms with Gasteiger partial charge >= 0.3 is 0 Å². The molecule has 0 aliphatic carbocycles. The lowest BCUT2D eigenvalue weighted by atomic mass is 10.2. The molecule has 1 aromatic carbocycles. The van der Waals surface area contributed by atoms with Gasteiger partial charge in [-0.15, -0.1) is 0 Å². The average molecular weight is 260 g/mol. The molecular formula is C14H13FN2O2. The van der Waals surface area contributed by atoms with E-state index in [0.717, 1.165) is 0 Å². The number of nitrogens with zero attached hydrogens (tertiary/aromatic N) is 2. The fourth-order valence-corrected chi connectivity index (χ4v) is 1.72. The first kappa shape index (κ1) is 13.0. The highest BCUT2D eigenvalue weighted by Gasteiger charge is 2.14. The van der Waals surface area contributed by atoms with Crippen molar-refractivity contribution in [2.24, 2.45) is 0 Å². The van der Waals surface area contributed by atoms with Crippen molar-refractivity contribution in [1.29, 1.82) is 0 Å². The van der Waals surface area contributed by atoms with E-state index < -0.39 is 0 Å². The highest BCUT2D eigenvalue weighted by atomic mass is 19.1. The first-order valence-corrected chi connectivity index (χ1v) is 5.71. The van der Waals surface area contributed by atoms with E-state index in [1.807, 2.05) is 0 Å².